The third-order valence-corrected chi connectivity index (χ3v) is 3.29. The van der Waals surface area contributed by atoms with Gasteiger partial charge in [-0.15, -0.1) is 0 Å². The zero-order chi connectivity index (χ0) is 14.1. The van der Waals surface area contributed by atoms with E-state index in [1.54, 1.807) is 0 Å². The van der Waals surface area contributed by atoms with Crippen molar-refractivity contribution < 1.29 is 35.7 Å². The smallest absolute Gasteiger partial charge is 0.465 e. The maximum atomic E-state index is 12.0. The van der Waals surface area contributed by atoms with E-state index in [1.165, 1.54) is 6.92 Å². The van der Waals surface area contributed by atoms with Crippen molar-refractivity contribution in [3.8, 4) is 0 Å². The largest absolute Gasteiger partial charge is 0.534 e. The van der Waals surface area contributed by atoms with Crippen LogP contribution in [0.3, 0.4) is 0 Å². The molecule has 0 saturated heterocycles. The van der Waals surface area contributed by atoms with Gasteiger partial charge in [-0.05, 0) is 13.0 Å². The zero-order valence-corrected chi connectivity index (χ0v) is 9.95. The van der Waals surface area contributed by atoms with Crippen LogP contribution in [0.25, 0.3) is 0 Å². The van der Waals surface area contributed by atoms with Crippen molar-refractivity contribution in [2.45, 2.75) is 24.9 Å². The van der Waals surface area contributed by atoms with Crippen LogP contribution >= 0.6 is 0 Å². The molecule has 0 spiro atoms. The fourth-order valence-corrected chi connectivity index (χ4v) is 1.90. The topological polar surface area (TPSA) is 83.9 Å². The Hall–Kier alpha value is -1.45. The van der Waals surface area contributed by atoms with Gasteiger partial charge in [0, 0.05) is 19.0 Å². The maximum absolute atomic E-state index is 12.0. The Morgan fingerprint density at radius 2 is 2.11 bits per heavy atom. The predicted molar refractivity (Wildman–Crippen MR) is 53.0 cm³/mol. The van der Waals surface area contributed by atoms with Crippen LogP contribution in [0.4, 0.5) is 18.0 Å². The van der Waals surface area contributed by atoms with E-state index in [-0.39, 0.29) is 13.0 Å². The lowest BCUT2D eigenvalue weighted by Gasteiger charge is -2.30. The average Bonchev–Trinajstić information content (AvgIpc) is 2.14. The van der Waals surface area contributed by atoms with Crippen molar-refractivity contribution in [1.29, 1.82) is 0 Å². The van der Waals surface area contributed by atoms with E-state index in [0.717, 1.165) is 11.0 Å². The normalized spacial score (nSPS) is 21.4. The molecule has 104 valence electrons. The average molecular weight is 289 g/mol. The highest BCUT2D eigenvalue weighted by molar-refractivity contribution is 7.87. The number of nitrogens with zero attached hydrogens (tertiary/aromatic N) is 1. The molecule has 1 aliphatic rings. The van der Waals surface area contributed by atoms with Gasteiger partial charge in [-0.1, -0.05) is 0 Å². The summed E-state index contributed by atoms with van der Waals surface area (Å²) in [7, 11) is -5.69. The Kier molecular flexibility index (Phi) is 3.79. The summed E-state index contributed by atoms with van der Waals surface area (Å²) in [5.41, 5.74) is -5.50. The minimum Gasteiger partial charge on any atom is -0.465 e. The monoisotopic (exact) mass is 289 g/mol. The summed E-state index contributed by atoms with van der Waals surface area (Å²) in [4.78, 5) is 11.6. The molecule has 0 aromatic heterocycles. The molecular formula is C8H10F3NO5S. The molecular weight excluding hydrogens is 279 g/mol. The fraction of sp³-hybridized carbons (Fsp3) is 0.625. The Morgan fingerprint density at radius 1 is 1.56 bits per heavy atom. The van der Waals surface area contributed by atoms with Crippen LogP contribution in [0.2, 0.25) is 0 Å². The first-order chi connectivity index (χ1) is 8.04. The Bertz CT molecular complexity index is 470. The SMILES string of the molecule is C[C@H]1CC(OS(=O)(=O)C(F)(F)F)=CCN1C(=O)O. The van der Waals surface area contributed by atoms with Gasteiger partial charge in [0.2, 0.25) is 0 Å². The summed E-state index contributed by atoms with van der Waals surface area (Å²) in [6, 6.07) is -0.661. The lowest BCUT2D eigenvalue weighted by atomic mass is 10.1. The first-order valence-corrected chi connectivity index (χ1v) is 6.15. The number of rotatable bonds is 2. The summed E-state index contributed by atoms with van der Waals surface area (Å²) < 4.78 is 61.5. The summed E-state index contributed by atoms with van der Waals surface area (Å²) >= 11 is 0. The summed E-state index contributed by atoms with van der Waals surface area (Å²) in [6.45, 7) is 1.21. The first-order valence-electron chi connectivity index (χ1n) is 4.74. The predicted octanol–water partition coefficient (Wildman–Crippen LogP) is 1.51. The van der Waals surface area contributed by atoms with E-state index in [4.69, 9.17) is 5.11 Å². The van der Waals surface area contributed by atoms with Crippen LogP contribution in [-0.2, 0) is 14.3 Å². The number of carbonyl (C=O) groups is 1. The van der Waals surface area contributed by atoms with Crippen molar-refractivity contribution in [3.05, 3.63) is 11.8 Å². The number of carboxylic acid groups (broad SMARTS) is 1. The Morgan fingerprint density at radius 3 is 2.50 bits per heavy atom. The van der Waals surface area contributed by atoms with Crippen LogP contribution in [-0.4, -0.2) is 42.6 Å². The third kappa shape index (κ3) is 3.06. The molecule has 0 bridgehead atoms. The highest BCUT2D eigenvalue weighted by Crippen LogP contribution is 2.29. The minimum atomic E-state index is -5.69. The molecule has 10 heteroatoms. The number of alkyl halides is 3. The van der Waals surface area contributed by atoms with Crippen LogP contribution in [0, 0.1) is 0 Å². The number of amides is 1. The van der Waals surface area contributed by atoms with Crippen molar-refractivity contribution >= 4 is 16.2 Å². The number of halogens is 3. The van der Waals surface area contributed by atoms with Gasteiger partial charge >= 0.3 is 21.7 Å². The second-order valence-corrected chi connectivity index (χ2v) is 5.18. The molecule has 0 radical (unpaired) electrons. The van der Waals surface area contributed by atoms with E-state index >= 15 is 0 Å². The van der Waals surface area contributed by atoms with Crippen molar-refractivity contribution in [2.24, 2.45) is 0 Å². The van der Waals surface area contributed by atoms with Gasteiger partial charge < -0.3 is 14.2 Å². The molecule has 1 N–H and O–H groups in total. The molecule has 1 atom stereocenters. The van der Waals surface area contributed by atoms with E-state index in [9.17, 15) is 26.4 Å². The lowest BCUT2D eigenvalue weighted by molar-refractivity contribution is -0.0526. The third-order valence-electron chi connectivity index (χ3n) is 2.29. The number of hydrogen-bond donors (Lipinski definition) is 1. The van der Waals surface area contributed by atoms with Gasteiger partial charge in [0.25, 0.3) is 0 Å². The quantitative estimate of drug-likeness (QED) is 0.615. The van der Waals surface area contributed by atoms with Gasteiger partial charge in [0.05, 0.1) is 0 Å². The van der Waals surface area contributed by atoms with E-state index in [0.29, 0.717) is 0 Å². The highest BCUT2D eigenvalue weighted by Gasteiger charge is 2.49. The maximum Gasteiger partial charge on any atom is 0.534 e. The van der Waals surface area contributed by atoms with Crippen LogP contribution < -0.4 is 0 Å². The Labute approximate surface area is 101 Å². The van der Waals surface area contributed by atoms with E-state index in [1.807, 2.05) is 0 Å². The fourth-order valence-electron chi connectivity index (χ4n) is 1.39. The lowest BCUT2D eigenvalue weighted by Crippen LogP contribution is -2.41. The zero-order valence-electron chi connectivity index (χ0n) is 9.14. The summed E-state index contributed by atoms with van der Waals surface area (Å²) in [5.74, 6) is -0.405. The molecule has 1 heterocycles. The van der Waals surface area contributed by atoms with Gasteiger partial charge in [0.15, 0.2) is 0 Å². The van der Waals surface area contributed by atoms with Crippen molar-refractivity contribution in [2.75, 3.05) is 6.54 Å². The molecule has 1 amide bonds. The highest BCUT2D eigenvalue weighted by atomic mass is 32.2. The molecule has 0 fully saturated rings. The molecule has 0 aromatic carbocycles. The molecule has 1 rings (SSSR count). The first kappa shape index (κ1) is 14.6. The van der Waals surface area contributed by atoms with Gasteiger partial charge in [0.1, 0.15) is 5.76 Å². The van der Waals surface area contributed by atoms with Crippen molar-refractivity contribution in [3.63, 3.8) is 0 Å². The molecule has 0 unspecified atom stereocenters. The molecule has 1 aliphatic heterocycles. The van der Waals surface area contributed by atoms with E-state index in [2.05, 4.69) is 4.18 Å². The Balaban J connectivity index is 2.81. The van der Waals surface area contributed by atoms with Gasteiger partial charge in [-0.3, -0.25) is 0 Å². The summed E-state index contributed by atoms with van der Waals surface area (Å²) in [6.07, 6.45) is -0.476. The standard InChI is InChI=1S/C8H10F3NO5S/c1-5-4-6(2-3-12(5)7(13)14)17-18(15,16)8(9,10)11/h2,5H,3-4H2,1H3,(H,13,14)/t5-/m0/s1. The van der Waals surface area contributed by atoms with Crippen LogP contribution in [0.1, 0.15) is 13.3 Å². The number of hydrogen-bond acceptors (Lipinski definition) is 4. The van der Waals surface area contributed by atoms with Gasteiger partial charge in [-0.25, -0.2) is 4.79 Å². The van der Waals surface area contributed by atoms with E-state index < -0.39 is 33.5 Å². The second-order valence-electron chi connectivity index (χ2n) is 3.64. The molecule has 0 aromatic rings. The molecule has 0 saturated carbocycles. The van der Waals surface area contributed by atoms with Crippen molar-refractivity contribution in [1.82, 2.24) is 4.90 Å². The molecule has 6 nitrogen and oxygen atoms in total. The molecule has 0 aliphatic carbocycles. The second kappa shape index (κ2) is 4.67. The van der Waals surface area contributed by atoms with Crippen LogP contribution in [0.15, 0.2) is 11.8 Å². The summed E-state index contributed by atoms with van der Waals surface area (Å²) in [5, 5.41) is 8.71. The minimum absolute atomic E-state index is 0.223. The molecule has 18 heavy (non-hydrogen) atoms. The van der Waals surface area contributed by atoms with Crippen LogP contribution in [0.5, 0.6) is 0 Å². The van der Waals surface area contributed by atoms with Gasteiger partial charge in [-0.2, -0.15) is 21.6 Å².